The average Bonchev–Trinajstić information content (AvgIpc) is 3.07. The second kappa shape index (κ2) is 8.64. The van der Waals surface area contributed by atoms with Crippen LogP contribution in [0.2, 0.25) is 0 Å². The Morgan fingerprint density at radius 3 is 2.61 bits per heavy atom. The zero-order valence-corrected chi connectivity index (χ0v) is 16.7. The Balaban J connectivity index is 1.45. The maximum atomic E-state index is 12.5. The molecule has 0 aliphatic heterocycles. The molecule has 1 aliphatic carbocycles. The van der Waals surface area contributed by atoms with Crippen molar-refractivity contribution in [3.05, 3.63) is 71.9 Å². The molecule has 1 amide bonds. The Morgan fingerprint density at radius 2 is 1.79 bits per heavy atom. The van der Waals surface area contributed by atoms with Crippen LogP contribution < -0.4 is 5.32 Å². The molecule has 3 nitrogen and oxygen atoms in total. The maximum Gasteiger partial charge on any atom is 0.220 e. The number of aromatic nitrogens is 1. The smallest absolute Gasteiger partial charge is 0.220 e. The Hall–Kier alpha value is -2.55. The molecule has 4 rings (SSSR count). The zero-order valence-electron chi connectivity index (χ0n) is 16.7. The van der Waals surface area contributed by atoms with E-state index in [1.165, 1.54) is 41.3 Å². The third-order valence-electron chi connectivity index (χ3n) is 6.15. The summed E-state index contributed by atoms with van der Waals surface area (Å²) in [7, 11) is 0. The summed E-state index contributed by atoms with van der Waals surface area (Å²) < 4.78 is 2.31. The second-order valence-corrected chi connectivity index (χ2v) is 8.22. The molecule has 0 bridgehead atoms. The molecule has 3 aromatic rings. The molecule has 146 valence electrons. The van der Waals surface area contributed by atoms with Gasteiger partial charge in [-0.3, -0.25) is 4.79 Å². The van der Waals surface area contributed by atoms with Crippen molar-refractivity contribution in [2.24, 2.45) is 5.92 Å². The molecule has 0 spiro atoms. The largest absolute Gasteiger partial charge is 0.353 e. The SMILES string of the molecule is CC1CCCCC1NC(=O)CCc1cn(Cc2ccccc2)c2ccccc12. The van der Waals surface area contributed by atoms with Gasteiger partial charge in [0, 0.05) is 36.1 Å². The number of nitrogens with one attached hydrogen (secondary N) is 1. The van der Waals surface area contributed by atoms with Crippen LogP contribution in [-0.4, -0.2) is 16.5 Å². The molecule has 28 heavy (non-hydrogen) atoms. The van der Waals surface area contributed by atoms with E-state index in [-0.39, 0.29) is 5.91 Å². The molecule has 2 atom stereocenters. The van der Waals surface area contributed by atoms with Crippen LogP contribution in [-0.2, 0) is 17.8 Å². The summed E-state index contributed by atoms with van der Waals surface area (Å²) in [5, 5.41) is 4.55. The van der Waals surface area contributed by atoms with Gasteiger partial charge in [-0.15, -0.1) is 0 Å². The molecule has 2 unspecified atom stereocenters. The van der Waals surface area contributed by atoms with E-state index in [4.69, 9.17) is 0 Å². The zero-order chi connectivity index (χ0) is 19.3. The number of nitrogens with zero attached hydrogens (tertiary/aromatic N) is 1. The van der Waals surface area contributed by atoms with Crippen LogP contribution in [0.15, 0.2) is 60.8 Å². The summed E-state index contributed by atoms with van der Waals surface area (Å²) in [6.07, 6.45) is 8.48. The first-order valence-corrected chi connectivity index (χ1v) is 10.6. The van der Waals surface area contributed by atoms with Gasteiger partial charge in [0.2, 0.25) is 5.91 Å². The first-order chi connectivity index (χ1) is 13.7. The molecule has 3 heteroatoms. The summed E-state index contributed by atoms with van der Waals surface area (Å²) in [5.41, 5.74) is 3.79. The lowest BCUT2D eigenvalue weighted by Gasteiger charge is -2.29. The Bertz CT molecular complexity index is 928. The van der Waals surface area contributed by atoms with Crippen molar-refractivity contribution in [3.63, 3.8) is 0 Å². The van der Waals surface area contributed by atoms with Crippen molar-refractivity contribution < 1.29 is 4.79 Å². The van der Waals surface area contributed by atoms with Crippen molar-refractivity contribution in [2.45, 2.75) is 58.0 Å². The van der Waals surface area contributed by atoms with E-state index in [1.807, 2.05) is 0 Å². The minimum absolute atomic E-state index is 0.193. The number of carbonyl (C=O) groups excluding carboxylic acids is 1. The highest BCUT2D eigenvalue weighted by Crippen LogP contribution is 2.25. The van der Waals surface area contributed by atoms with Crippen molar-refractivity contribution in [3.8, 4) is 0 Å². The van der Waals surface area contributed by atoms with Crippen LogP contribution in [0.25, 0.3) is 10.9 Å². The molecule has 0 saturated heterocycles. The Labute approximate surface area is 167 Å². The number of aryl methyl sites for hydroxylation is 1. The van der Waals surface area contributed by atoms with E-state index in [1.54, 1.807) is 0 Å². The molecule has 1 fully saturated rings. The number of benzene rings is 2. The maximum absolute atomic E-state index is 12.5. The fourth-order valence-corrected chi connectivity index (χ4v) is 4.49. The van der Waals surface area contributed by atoms with E-state index >= 15 is 0 Å². The fourth-order valence-electron chi connectivity index (χ4n) is 4.49. The van der Waals surface area contributed by atoms with Crippen LogP contribution in [0.5, 0.6) is 0 Å². The van der Waals surface area contributed by atoms with Gasteiger partial charge in [0.25, 0.3) is 0 Å². The monoisotopic (exact) mass is 374 g/mol. The third kappa shape index (κ3) is 4.30. The van der Waals surface area contributed by atoms with Crippen LogP contribution >= 0.6 is 0 Å². The van der Waals surface area contributed by atoms with Gasteiger partial charge in [-0.1, -0.05) is 68.3 Å². The summed E-state index contributed by atoms with van der Waals surface area (Å²) in [4.78, 5) is 12.5. The highest BCUT2D eigenvalue weighted by Gasteiger charge is 2.22. The first kappa shape index (κ1) is 18.8. The summed E-state index contributed by atoms with van der Waals surface area (Å²) in [6, 6.07) is 19.4. The van der Waals surface area contributed by atoms with Crippen LogP contribution in [0.3, 0.4) is 0 Å². The van der Waals surface area contributed by atoms with Crippen molar-refractivity contribution in [2.75, 3.05) is 0 Å². The molecule has 2 aromatic carbocycles. The van der Waals surface area contributed by atoms with Gasteiger partial charge in [-0.25, -0.2) is 0 Å². The lowest BCUT2D eigenvalue weighted by Crippen LogP contribution is -2.41. The van der Waals surface area contributed by atoms with Gasteiger partial charge < -0.3 is 9.88 Å². The van der Waals surface area contributed by atoms with E-state index in [0.29, 0.717) is 18.4 Å². The normalized spacial score (nSPS) is 19.6. The van der Waals surface area contributed by atoms with Crippen molar-refractivity contribution in [1.29, 1.82) is 0 Å². The second-order valence-electron chi connectivity index (χ2n) is 8.22. The summed E-state index contributed by atoms with van der Waals surface area (Å²) >= 11 is 0. The molecule has 1 aromatic heterocycles. The average molecular weight is 375 g/mol. The van der Waals surface area contributed by atoms with Crippen molar-refractivity contribution in [1.82, 2.24) is 9.88 Å². The third-order valence-corrected chi connectivity index (χ3v) is 6.15. The lowest BCUT2D eigenvalue weighted by molar-refractivity contribution is -0.122. The number of rotatable bonds is 6. The van der Waals surface area contributed by atoms with Gasteiger partial charge in [-0.05, 0) is 42.4 Å². The highest BCUT2D eigenvalue weighted by atomic mass is 16.1. The number of carbonyl (C=O) groups is 1. The molecule has 1 N–H and O–H groups in total. The molecule has 1 aliphatic rings. The number of fused-ring (bicyclic) bond motifs is 1. The topological polar surface area (TPSA) is 34.0 Å². The number of hydrogen-bond donors (Lipinski definition) is 1. The van der Waals surface area contributed by atoms with Crippen LogP contribution in [0, 0.1) is 5.92 Å². The standard InChI is InChI=1S/C25H30N2O/c1-19-9-5-7-13-23(19)26-25(28)16-15-21-18-27(17-20-10-3-2-4-11-20)24-14-8-6-12-22(21)24/h2-4,6,8,10-12,14,18-19,23H,5,7,9,13,15-17H2,1H3,(H,26,28). The van der Waals surface area contributed by atoms with E-state index < -0.39 is 0 Å². The molecular formula is C25H30N2O. The van der Waals surface area contributed by atoms with E-state index in [2.05, 4.69) is 77.6 Å². The van der Waals surface area contributed by atoms with Gasteiger partial charge >= 0.3 is 0 Å². The quantitative estimate of drug-likeness (QED) is 0.623. The number of amides is 1. The molecule has 1 saturated carbocycles. The predicted octanol–water partition coefficient (Wildman–Crippen LogP) is 5.32. The minimum Gasteiger partial charge on any atom is -0.353 e. The fraction of sp³-hybridized carbons (Fsp3) is 0.400. The van der Waals surface area contributed by atoms with Crippen LogP contribution in [0.1, 0.15) is 50.2 Å². The minimum atomic E-state index is 0.193. The van der Waals surface area contributed by atoms with Crippen LogP contribution in [0.4, 0.5) is 0 Å². The molecule has 0 radical (unpaired) electrons. The first-order valence-electron chi connectivity index (χ1n) is 10.6. The van der Waals surface area contributed by atoms with Gasteiger partial charge in [-0.2, -0.15) is 0 Å². The van der Waals surface area contributed by atoms with Gasteiger partial charge in [0.05, 0.1) is 0 Å². The van der Waals surface area contributed by atoms with Gasteiger partial charge in [0.1, 0.15) is 0 Å². The Kier molecular flexibility index (Phi) is 5.80. The molecular weight excluding hydrogens is 344 g/mol. The number of para-hydroxylation sites is 1. The van der Waals surface area contributed by atoms with Gasteiger partial charge in [0.15, 0.2) is 0 Å². The molecule has 1 heterocycles. The summed E-state index contributed by atoms with van der Waals surface area (Å²) in [5.74, 6) is 0.795. The lowest BCUT2D eigenvalue weighted by atomic mass is 9.86. The number of hydrogen-bond acceptors (Lipinski definition) is 1. The van der Waals surface area contributed by atoms with E-state index in [9.17, 15) is 4.79 Å². The highest BCUT2D eigenvalue weighted by molar-refractivity contribution is 5.85. The predicted molar refractivity (Wildman–Crippen MR) is 115 cm³/mol. The van der Waals surface area contributed by atoms with Crippen molar-refractivity contribution >= 4 is 16.8 Å². The van der Waals surface area contributed by atoms with E-state index in [0.717, 1.165) is 19.4 Å². The summed E-state index contributed by atoms with van der Waals surface area (Å²) in [6.45, 7) is 3.12. The Morgan fingerprint density at radius 1 is 1.04 bits per heavy atom.